The van der Waals surface area contributed by atoms with E-state index in [0.717, 1.165) is 0 Å². The molecule has 1 aliphatic rings. The number of aromatic nitrogens is 5. The van der Waals surface area contributed by atoms with Crippen molar-refractivity contribution in [2.75, 3.05) is 32.5 Å². The summed E-state index contributed by atoms with van der Waals surface area (Å²) in [4.78, 5) is 46.3. The number of hydrogen-bond acceptors (Lipinski definition) is 11. The third kappa shape index (κ3) is 7.62. The van der Waals surface area contributed by atoms with Crippen LogP contribution in [-0.4, -0.2) is 99.3 Å². The van der Waals surface area contributed by atoms with E-state index in [2.05, 4.69) is 31.8 Å². The number of sulfonamides is 1. The molecule has 0 radical (unpaired) electrons. The number of rotatable bonds is 12. The van der Waals surface area contributed by atoms with Crippen molar-refractivity contribution in [1.29, 1.82) is 5.26 Å². The summed E-state index contributed by atoms with van der Waals surface area (Å²) >= 11 is 0. The highest BCUT2D eigenvalue weighted by atomic mass is 32.2. The Bertz CT molecular complexity index is 1730. The van der Waals surface area contributed by atoms with Gasteiger partial charge in [0.2, 0.25) is 10.0 Å². The van der Waals surface area contributed by atoms with Gasteiger partial charge >= 0.3 is 18.1 Å². The quantitative estimate of drug-likeness (QED) is 0.214. The average Bonchev–Trinajstić information content (AvgIpc) is 3.64. The Morgan fingerprint density at radius 1 is 1.20 bits per heavy atom. The van der Waals surface area contributed by atoms with Crippen LogP contribution >= 0.6 is 0 Å². The van der Waals surface area contributed by atoms with Gasteiger partial charge in [-0.25, -0.2) is 32.8 Å². The molecular weight excluding hydrogens is 618 g/mol. The van der Waals surface area contributed by atoms with E-state index >= 15 is 0 Å². The molecule has 46 heavy (non-hydrogen) atoms. The van der Waals surface area contributed by atoms with Crippen molar-refractivity contribution < 1.29 is 32.3 Å². The lowest BCUT2D eigenvalue weighted by atomic mass is 9.89. The fourth-order valence-corrected chi connectivity index (χ4v) is 6.35. The Morgan fingerprint density at radius 2 is 1.93 bits per heavy atom. The van der Waals surface area contributed by atoms with Gasteiger partial charge in [-0.2, -0.15) is 14.7 Å². The minimum absolute atomic E-state index is 0.0306. The molecule has 4 heterocycles. The number of nitrogens with zero attached hydrogens (tertiary/aromatic N) is 7. The second kappa shape index (κ2) is 13.8. The zero-order chi connectivity index (χ0) is 33.7. The summed E-state index contributed by atoms with van der Waals surface area (Å²) in [5.41, 5.74) is -0.0547. The van der Waals surface area contributed by atoms with E-state index < -0.39 is 45.3 Å². The first-order valence-electron chi connectivity index (χ1n) is 14.8. The lowest BCUT2D eigenvalue weighted by Crippen LogP contribution is -2.64. The molecule has 1 atom stereocenters. The predicted octanol–water partition coefficient (Wildman–Crippen LogP) is 2.36. The molecule has 1 aliphatic heterocycles. The molecule has 0 aromatic carbocycles. The second-order valence-corrected chi connectivity index (χ2v) is 14.3. The third-order valence-corrected chi connectivity index (χ3v) is 9.30. The highest BCUT2D eigenvalue weighted by Crippen LogP contribution is 2.36. The van der Waals surface area contributed by atoms with Crippen LogP contribution in [0.15, 0.2) is 31.0 Å². The maximum Gasteiger partial charge on any atom is 0.407 e. The van der Waals surface area contributed by atoms with Crippen LogP contribution < -0.4 is 10.6 Å². The van der Waals surface area contributed by atoms with Crippen molar-refractivity contribution in [1.82, 2.24) is 39.3 Å². The van der Waals surface area contributed by atoms with Gasteiger partial charge in [-0.05, 0) is 53.0 Å². The number of fused-ring (bicyclic) bond motifs is 1. The van der Waals surface area contributed by atoms with Crippen LogP contribution in [0.2, 0.25) is 0 Å². The molecule has 0 saturated carbocycles. The normalized spacial score (nSPS) is 15.4. The van der Waals surface area contributed by atoms with E-state index in [-0.39, 0.29) is 37.3 Å². The second-order valence-electron chi connectivity index (χ2n) is 12.0. The van der Waals surface area contributed by atoms with Gasteiger partial charge in [0.15, 0.2) is 5.65 Å². The van der Waals surface area contributed by atoms with Crippen molar-refractivity contribution in [2.45, 2.75) is 70.6 Å². The zero-order valence-corrected chi connectivity index (χ0v) is 27.3. The molecule has 1 fully saturated rings. The minimum Gasteiger partial charge on any atom is -0.467 e. The van der Waals surface area contributed by atoms with Crippen molar-refractivity contribution >= 4 is 39.2 Å². The molecule has 0 aliphatic carbocycles. The Morgan fingerprint density at radius 3 is 2.59 bits per heavy atom. The lowest BCUT2D eigenvalue weighted by Gasteiger charge is -2.47. The van der Waals surface area contributed by atoms with Crippen LogP contribution in [0.3, 0.4) is 0 Å². The number of carbonyl (C=O) groups excluding carboxylic acids is 3. The molecule has 16 nitrogen and oxygen atoms in total. The first-order chi connectivity index (χ1) is 21.7. The van der Waals surface area contributed by atoms with E-state index in [9.17, 15) is 28.1 Å². The number of nitriles is 1. The highest BCUT2D eigenvalue weighted by Gasteiger charge is 2.49. The average molecular weight is 658 g/mol. The molecule has 1 saturated heterocycles. The lowest BCUT2D eigenvalue weighted by molar-refractivity contribution is -0.143. The van der Waals surface area contributed by atoms with E-state index in [1.807, 2.05) is 0 Å². The standard InChI is InChI=1S/C29H39N9O7S/c1-6-46(42,43)36-17-29(18-36,11-12-30)38-16-20(15-34-38)23-21-10-14-37(24(21)33-19-32-23)26(40)35-22(25(39)44-5)9-7-8-13-31-27(41)45-28(2,3)4/h10,14-16,19,22H,6-9,11,13,17-18H2,1-5H3,(H,31,41)(H,35,40)/t22-/m0/s1. The van der Waals surface area contributed by atoms with E-state index in [0.29, 0.717) is 36.0 Å². The van der Waals surface area contributed by atoms with Crippen LogP contribution in [0.1, 0.15) is 53.4 Å². The van der Waals surface area contributed by atoms with Crippen LogP contribution in [-0.2, 0) is 29.8 Å². The third-order valence-electron chi connectivity index (χ3n) is 7.52. The predicted molar refractivity (Wildman–Crippen MR) is 166 cm³/mol. The molecule has 0 spiro atoms. The molecular formula is C29H39N9O7S. The first-order valence-corrected chi connectivity index (χ1v) is 16.4. The number of alkyl carbamates (subject to hydrolysis) is 1. The Kier molecular flexibility index (Phi) is 10.3. The number of esters is 1. The van der Waals surface area contributed by atoms with Gasteiger partial charge in [-0.15, -0.1) is 0 Å². The fourth-order valence-electron chi connectivity index (χ4n) is 5.11. The van der Waals surface area contributed by atoms with Crippen molar-refractivity contribution in [3.05, 3.63) is 31.0 Å². The summed E-state index contributed by atoms with van der Waals surface area (Å²) in [6.45, 7) is 7.49. The summed E-state index contributed by atoms with van der Waals surface area (Å²) in [6, 6.07) is 2.27. The monoisotopic (exact) mass is 657 g/mol. The molecule has 17 heteroatoms. The number of methoxy groups -OCH3 is 1. The van der Waals surface area contributed by atoms with Gasteiger partial charge in [0.25, 0.3) is 0 Å². The number of hydrogen-bond donors (Lipinski definition) is 2. The highest BCUT2D eigenvalue weighted by molar-refractivity contribution is 7.89. The number of nitrogens with one attached hydrogen (secondary N) is 2. The summed E-state index contributed by atoms with van der Waals surface area (Å²) < 4.78 is 38.9. The van der Waals surface area contributed by atoms with Gasteiger partial charge in [0.1, 0.15) is 23.5 Å². The molecule has 0 bridgehead atoms. The molecule has 248 valence electrons. The molecule has 3 aromatic heterocycles. The number of ether oxygens (including phenoxy) is 2. The molecule has 4 rings (SSSR count). The topological polar surface area (TPSA) is 203 Å². The van der Waals surface area contributed by atoms with Crippen LogP contribution in [0, 0.1) is 11.3 Å². The van der Waals surface area contributed by atoms with Gasteiger partial charge < -0.3 is 20.1 Å². The molecule has 0 unspecified atom stereocenters. The number of amides is 2. The molecule has 3 aromatic rings. The maximum absolute atomic E-state index is 13.3. The number of carbonyl (C=O) groups is 3. The van der Waals surface area contributed by atoms with Gasteiger partial charge in [0.05, 0.1) is 37.2 Å². The Labute approximate surface area is 267 Å². The fraction of sp³-hybridized carbons (Fsp3) is 0.552. The summed E-state index contributed by atoms with van der Waals surface area (Å²) in [5.74, 6) is -0.641. The van der Waals surface area contributed by atoms with Crippen LogP contribution in [0.4, 0.5) is 9.59 Å². The minimum atomic E-state index is -3.40. The zero-order valence-electron chi connectivity index (χ0n) is 26.5. The van der Waals surface area contributed by atoms with E-state index in [1.54, 1.807) is 50.8 Å². The largest absolute Gasteiger partial charge is 0.467 e. The Balaban J connectivity index is 1.45. The summed E-state index contributed by atoms with van der Waals surface area (Å²) in [6.07, 6.45) is 6.96. The van der Waals surface area contributed by atoms with Crippen LogP contribution in [0.5, 0.6) is 0 Å². The van der Waals surface area contributed by atoms with E-state index in [4.69, 9.17) is 9.47 Å². The van der Waals surface area contributed by atoms with Gasteiger partial charge in [-0.1, -0.05) is 0 Å². The van der Waals surface area contributed by atoms with Crippen molar-refractivity contribution in [2.24, 2.45) is 0 Å². The van der Waals surface area contributed by atoms with Crippen LogP contribution in [0.25, 0.3) is 22.3 Å². The van der Waals surface area contributed by atoms with Crippen molar-refractivity contribution in [3.8, 4) is 17.3 Å². The molecule has 2 N–H and O–H groups in total. The van der Waals surface area contributed by atoms with Gasteiger partial charge in [-0.3, -0.25) is 9.25 Å². The van der Waals surface area contributed by atoms with E-state index in [1.165, 1.54) is 28.5 Å². The van der Waals surface area contributed by atoms with Gasteiger partial charge in [0, 0.05) is 43.0 Å². The first kappa shape index (κ1) is 34.3. The maximum atomic E-state index is 13.3. The summed E-state index contributed by atoms with van der Waals surface area (Å²) in [5, 5.41) is 19.8. The van der Waals surface area contributed by atoms with Crippen molar-refractivity contribution in [3.63, 3.8) is 0 Å². The Hall–Kier alpha value is -4.56. The summed E-state index contributed by atoms with van der Waals surface area (Å²) in [7, 11) is -2.16. The molecule has 2 amide bonds. The number of unbranched alkanes of at least 4 members (excludes halogenated alkanes) is 1. The smallest absolute Gasteiger partial charge is 0.407 e. The SMILES string of the molecule is CCS(=O)(=O)N1CC(CC#N)(n2cc(-c3ncnc4c3ccn4C(=O)N[C@@H](CCCCNC(=O)OC(C)(C)C)C(=O)OC)cn2)C1.